The minimum atomic E-state index is 0.310. The standard InChI is InChI=1S/C12H11ClN2/c1-8-11(9(2)15-12(13)14-8)10-6-4-3-5-7-10/h3-7H,1-2H3. The van der Waals surface area contributed by atoms with Crippen molar-refractivity contribution >= 4 is 11.6 Å². The number of rotatable bonds is 1. The van der Waals surface area contributed by atoms with Crippen molar-refractivity contribution in [3.8, 4) is 11.1 Å². The van der Waals surface area contributed by atoms with Crippen LogP contribution in [0.2, 0.25) is 5.28 Å². The number of nitrogens with zero attached hydrogens (tertiary/aromatic N) is 2. The Labute approximate surface area is 94.0 Å². The Morgan fingerprint density at radius 2 is 1.47 bits per heavy atom. The van der Waals surface area contributed by atoms with Gasteiger partial charge in [0.1, 0.15) is 0 Å². The Morgan fingerprint density at radius 1 is 0.933 bits per heavy atom. The smallest absolute Gasteiger partial charge is 0.222 e. The van der Waals surface area contributed by atoms with Gasteiger partial charge in [0.05, 0.1) is 11.4 Å². The number of aromatic nitrogens is 2. The molecule has 76 valence electrons. The van der Waals surface area contributed by atoms with Crippen LogP contribution >= 0.6 is 11.6 Å². The number of aryl methyl sites for hydroxylation is 2. The Bertz CT molecular complexity index is 457. The average molecular weight is 219 g/mol. The molecule has 3 heteroatoms. The van der Waals surface area contributed by atoms with Crippen molar-refractivity contribution in [1.29, 1.82) is 0 Å². The van der Waals surface area contributed by atoms with E-state index in [1.54, 1.807) is 0 Å². The first kappa shape index (κ1) is 10.1. The maximum Gasteiger partial charge on any atom is 0.222 e. The molecule has 0 saturated carbocycles. The Hall–Kier alpha value is -1.41. The molecule has 0 radical (unpaired) electrons. The highest BCUT2D eigenvalue weighted by Gasteiger charge is 2.08. The average Bonchev–Trinajstić information content (AvgIpc) is 2.17. The van der Waals surface area contributed by atoms with E-state index in [9.17, 15) is 0 Å². The van der Waals surface area contributed by atoms with Crippen molar-refractivity contribution in [1.82, 2.24) is 9.97 Å². The van der Waals surface area contributed by atoms with Crippen LogP contribution in [0, 0.1) is 13.8 Å². The van der Waals surface area contributed by atoms with Gasteiger partial charge in [0.25, 0.3) is 0 Å². The molecule has 0 spiro atoms. The van der Waals surface area contributed by atoms with E-state index in [1.165, 1.54) is 0 Å². The van der Waals surface area contributed by atoms with E-state index in [2.05, 4.69) is 9.97 Å². The van der Waals surface area contributed by atoms with E-state index in [1.807, 2.05) is 44.2 Å². The lowest BCUT2D eigenvalue weighted by Gasteiger charge is -2.08. The van der Waals surface area contributed by atoms with Crippen molar-refractivity contribution in [3.05, 3.63) is 47.0 Å². The SMILES string of the molecule is Cc1nc(Cl)nc(C)c1-c1ccccc1. The Balaban J connectivity index is 2.64. The molecule has 0 aliphatic rings. The summed E-state index contributed by atoms with van der Waals surface area (Å²) >= 11 is 5.79. The molecule has 0 aliphatic heterocycles. The van der Waals surface area contributed by atoms with E-state index in [4.69, 9.17) is 11.6 Å². The lowest BCUT2D eigenvalue weighted by atomic mass is 10.0. The van der Waals surface area contributed by atoms with Crippen LogP contribution < -0.4 is 0 Å². The molecule has 1 aromatic carbocycles. The highest BCUT2D eigenvalue weighted by Crippen LogP contribution is 2.25. The van der Waals surface area contributed by atoms with E-state index >= 15 is 0 Å². The number of hydrogen-bond donors (Lipinski definition) is 0. The molecular formula is C12H11ClN2. The first-order chi connectivity index (χ1) is 7.18. The molecule has 1 heterocycles. The Kier molecular flexibility index (Phi) is 2.69. The monoisotopic (exact) mass is 218 g/mol. The van der Waals surface area contributed by atoms with Gasteiger partial charge in [0.15, 0.2) is 0 Å². The van der Waals surface area contributed by atoms with Crippen molar-refractivity contribution in [2.45, 2.75) is 13.8 Å². The molecule has 1 aromatic heterocycles. The van der Waals surface area contributed by atoms with Crippen LogP contribution in [0.4, 0.5) is 0 Å². The number of hydrogen-bond acceptors (Lipinski definition) is 2. The fourth-order valence-electron chi connectivity index (χ4n) is 1.70. The van der Waals surface area contributed by atoms with Crippen LogP contribution in [0.5, 0.6) is 0 Å². The fourth-order valence-corrected chi connectivity index (χ4v) is 1.95. The van der Waals surface area contributed by atoms with Gasteiger partial charge in [-0.2, -0.15) is 0 Å². The van der Waals surface area contributed by atoms with Crippen molar-refractivity contribution in [2.75, 3.05) is 0 Å². The summed E-state index contributed by atoms with van der Waals surface area (Å²) in [5.41, 5.74) is 4.03. The molecule has 0 unspecified atom stereocenters. The van der Waals surface area contributed by atoms with Gasteiger partial charge in [-0.1, -0.05) is 30.3 Å². The summed E-state index contributed by atoms with van der Waals surface area (Å²) in [5, 5.41) is 0.310. The summed E-state index contributed by atoms with van der Waals surface area (Å²) in [7, 11) is 0. The minimum Gasteiger partial charge on any atom is -0.223 e. The molecule has 0 N–H and O–H groups in total. The second kappa shape index (κ2) is 3.99. The maximum atomic E-state index is 5.79. The molecule has 2 aromatic rings. The van der Waals surface area contributed by atoms with Crippen LogP contribution in [0.3, 0.4) is 0 Å². The zero-order valence-corrected chi connectivity index (χ0v) is 9.42. The van der Waals surface area contributed by atoms with Gasteiger partial charge in [-0.15, -0.1) is 0 Å². The van der Waals surface area contributed by atoms with Crippen LogP contribution in [0.15, 0.2) is 30.3 Å². The van der Waals surface area contributed by atoms with E-state index in [0.717, 1.165) is 22.5 Å². The fraction of sp³-hybridized carbons (Fsp3) is 0.167. The summed E-state index contributed by atoms with van der Waals surface area (Å²) in [6.07, 6.45) is 0. The second-order valence-electron chi connectivity index (χ2n) is 3.40. The Morgan fingerprint density at radius 3 is 2.00 bits per heavy atom. The first-order valence-corrected chi connectivity index (χ1v) is 5.12. The lowest BCUT2D eigenvalue weighted by Crippen LogP contribution is -1.96. The molecule has 0 atom stereocenters. The van der Waals surface area contributed by atoms with Gasteiger partial charge >= 0.3 is 0 Å². The predicted molar refractivity (Wildman–Crippen MR) is 62.0 cm³/mol. The van der Waals surface area contributed by atoms with Gasteiger partial charge in [-0.25, -0.2) is 9.97 Å². The van der Waals surface area contributed by atoms with Gasteiger partial charge in [0, 0.05) is 5.56 Å². The van der Waals surface area contributed by atoms with Crippen LogP contribution in [0.1, 0.15) is 11.4 Å². The number of halogens is 1. The van der Waals surface area contributed by atoms with Gasteiger partial charge in [-0.05, 0) is 31.0 Å². The van der Waals surface area contributed by atoms with Crippen LogP contribution in [-0.2, 0) is 0 Å². The summed E-state index contributed by atoms with van der Waals surface area (Å²) < 4.78 is 0. The second-order valence-corrected chi connectivity index (χ2v) is 3.74. The predicted octanol–water partition coefficient (Wildman–Crippen LogP) is 3.41. The minimum absolute atomic E-state index is 0.310. The molecular weight excluding hydrogens is 208 g/mol. The molecule has 0 saturated heterocycles. The highest BCUT2D eigenvalue weighted by molar-refractivity contribution is 6.28. The summed E-state index contributed by atoms with van der Waals surface area (Å²) in [5.74, 6) is 0. The normalized spacial score (nSPS) is 10.3. The molecule has 0 amide bonds. The lowest BCUT2D eigenvalue weighted by molar-refractivity contribution is 1.06. The van der Waals surface area contributed by atoms with Crippen LogP contribution in [0.25, 0.3) is 11.1 Å². The van der Waals surface area contributed by atoms with Crippen molar-refractivity contribution < 1.29 is 0 Å². The maximum absolute atomic E-state index is 5.79. The van der Waals surface area contributed by atoms with E-state index in [0.29, 0.717) is 5.28 Å². The molecule has 15 heavy (non-hydrogen) atoms. The summed E-state index contributed by atoms with van der Waals surface area (Å²) in [6, 6.07) is 10.1. The van der Waals surface area contributed by atoms with Gasteiger partial charge in [-0.3, -0.25) is 0 Å². The largest absolute Gasteiger partial charge is 0.223 e. The number of benzene rings is 1. The zero-order chi connectivity index (χ0) is 10.8. The summed E-state index contributed by atoms with van der Waals surface area (Å²) in [4.78, 5) is 8.33. The zero-order valence-electron chi connectivity index (χ0n) is 8.66. The third kappa shape index (κ3) is 2.00. The van der Waals surface area contributed by atoms with E-state index in [-0.39, 0.29) is 0 Å². The molecule has 0 bridgehead atoms. The molecule has 2 rings (SSSR count). The van der Waals surface area contributed by atoms with Crippen molar-refractivity contribution in [3.63, 3.8) is 0 Å². The third-order valence-electron chi connectivity index (χ3n) is 2.31. The van der Waals surface area contributed by atoms with Gasteiger partial charge in [0.2, 0.25) is 5.28 Å². The summed E-state index contributed by atoms with van der Waals surface area (Å²) in [6.45, 7) is 3.89. The molecule has 0 fully saturated rings. The van der Waals surface area contributed by atoms with E-state index < -0.39 is 0 Å². The van der Waals surface area contributed by atoms with Crippen molar-refractivity contribution in [2.24, 2.45) is 0 Å². The first-order valence-electron chi connectivity index (χ1n) is 4.74. The van der Waals surface area contributed by atoms with Gasteiger partial charge < -0.3 is 0 Å². The third-order valence-corrected chi connectivity index (χ3v) is 2.48. The van der Waals surface area contributed by atoms with Crippen LogP contribution in [-0.4, -0.2) is 9.97 Å². The quantitative estimate of drug-likeness (QED) is 0.686. The molecule has 2 nitrogen and oxygen atoms in total. The molecule has 0 aliphatic carbocycles. The highest BCUT2D eigenvalue weighted by atomic mass is 35.5. The topological polar surface area (TPSA) is 25.8 Å².